The Labute approximate surface area is 149 Å². The van der Waals surface area contributed by atoms with Crippen LogP contribution in [0.3, 0.4) is 0 Å². The number of carbonyl (C=O) groups excluding carboxylic acids is 1. The highest BCUT2D eigenvalue weighted by Crippen LogP contribution is 2.54. The summed E-state index contributed by atoms with van der Waals surface area (Å²) in [6.07, 6.45) is 8.21. The van der Waals surface area contributed by atoms with E-state index in [2.05, 4.69) is 42.9 Å². The molecular weight excluding hydrogens is 314 g/mol. The van der Waals surface area contributed by atoms with E-state index in [1.807, 2.05) is 6.21 Å². The van der Waals surface area contributed by atoms with E-state index in [4.69, 9.17) is 9.57 Å². The minimum atomic E-state index is -0.385. The maximum Gasteiger partial charge on any atom is 0.331 e. The summed E-state index contributed by atoms with van der Waals surface area (Å²) >= 11 is 0. The molecule has 0 bridgehead atoms. The fraction of sp³-hybridized carbons (Fsp3) is 0.524. The number of fused-ring (bicyclic) bond motifs is 3. The quantitative estimate of drug-likeness (QED) is 0.351. The lowest BCUT2D eigenvalue weighted by atomic mass is 9.55. The molecule has 2 aliphatic carbocycles. The molecule has 0 saturated heterocycles. The Hall–Kier alpha value is -2.10. The average molecular weight is 341 g/mol. The van der Waals surface area contributed by atoms with Crippen LogP contribution in [0.5, 0.6) is 5.75 Å². The van der Waals surface area contributed by atoms with Crippen LogP contribution in [-0.2, 0) is 16.1 Å². The first kappa shape index (κ1) is 17.7. The van der Waals surface area contributed by atoms with Crippen LogP contribution in [0.15, 0.2) is 36.0 Å². The van der Waals surface area contributed by atoms with Gasteiger partial charge in [-0.3, -0.25) is 0 Å². The van der Waals surface area contributed by atoms with Crippen LogP contribution in [-0.4, -0.2) is 19.3 Å². The van der Waals surface area contributed by atoms with Crippen molar-refractivity contribution in [2.75, 3.05) is 7.11 Å². The first-order valence-electron chi connectivity index (χ1n) is 9.00. The summed E-state index contributed by atoms with van der Waals surface area (Å²) in [6, 6.07) is 6.49. The molecule has 1 aromatic carbocycles. The van der Waals surface area contributed by atoms with E-state index in [9.17, 15) is 4.79 Å². The molecular formula is C21H27NO3. The van der Waals surface area contributed by atoms with Crippen LogP contribution in [0.2, 0.25) is 0 Å². The number of carbonyl (C=O) groups is 1. The van der Waals surface area contributed by atoms with Crippen molar-refractivity contribution < 1.29 is 14.4 Å². The van der Waals surface area contributed by atoms with Crippen molar-refractivity contribution in [3.63, 3.8) is 0 Å². The largest absolute Gasteiger partial charge is 0.497 e. The molecule has 2 aliphatic rings. The second-order valence-electron chi connectivity index (χ2n) is 7.50. The van der Waals surface area contributed by atoms with Crippen LogP contribution in [0.1, 0.15) is 50.2 Å². The van der Waals surface area contributed by atoms with Crippen molar-refractivity contribution in [3.05, 3.63) is 42.0 Å². The molecule has 4 heteroatoms. The zero-order valence-corrected chi connectivity index (χ0v) is 15.3. The van der Waals surface area contributed by atoms with Crippen molar-refractivity contribution in [2.24, 2.45) is 22.4 Å². The lowest BCUT2D eigenvalue weighted by molar-refractivity contribution is -0.140. The van der Waals surface area contributed by atoms with Gasteiger partial charge in [0.25, 0.3) is 0 Å². The summed E-state index contributed by atoms with van der Waals surface area (Å²) in [5.41, 5.74) is 2.76. The van der Waals surface area contributed by atoms with Crippen molar-refractivity contribution in [3.8, 4) is 5.75 Å². The zero-order valence-electron chi connectivity index (χ0n) is 15.3. The van der Waals surface area contributed by atoms with Crippen LogP contribution < -0.4 is 4.74 Å². The molecule has 0 spiro atoms. The van der Waals surface area contributed by atoms with Crippen LogP contribution in [0.25, 0.3) is 0 Å². The van der Waals surface area contributed by atoms with Crippen molar-refractivity contribution in [1.29, 1.82) is 0 Å². The number of methoxy groups -OCH3 is 1. The number of allylic oxidation sites excluding steroid dienone is 1. The van der Waals surface area contributed by atoms with Gasteiger partial charge >= 0.3 is 5.97 Å². The summed E-state index contributed by atoms with van der Waals surface area (Å²) < 4.78 is 5.38. The molecule has 0 unspecified atom stereocenters. The van der Waals surface area contributed by atoms with Gasteiger partial charge in [-0.25, -0.2) is 4.79 Å². The number of hydrogen-bond donors (Lipinski definition) is 0. The summed E-state index contributed by atoms with van der Waals surface area (Å²) in [4.78, 5) is 15.8. The smallest absolute Gasteiger partial charge is 0.331 e. The number of aryl methyl sites for hydroxylation is 1. The van der Waals surface area contributed by atoms with E-state index in [0.29, 0.717) is 17.8 Å². The number of ether oxygens (including phenoxy) is 1. The number of oxime groups is 1. The van der Waals surface area contributed by atoms with Crippen molar-refractivity contribution in [2.45, 2.75) is 45.4 Å². The Kier molecular flexibility index (Phi) is 4.98. The predicted molar refractivity (Wildman–Crippen MR) is 98.8 cm³/mol. The van der Waals surface area contributed by atoms with Gasteiger partial charge < -0.3 is 9.57 Å². The Bertz CT molecular complexity index is 696. The van der Waals surface area contributed by atoms with Gasteiger partial charge in [0.05, 0.1) is 13.3 Å². The van der Waals surface area contributed by atoms with Gasteiger partial charge in [-0.1, -0.05) is 24.2 Å². The number of nitrogens with zero attached hydrogens (tertiary/aromatic N) is 1. The maximum atomic E-state index is 11.0. The molecule has 0 N–H and O–H groups in total. The molecule has 0 amide bonds. The zero-order chi connectivity index (χ0) is 18.0. The Morgan fingerprint density at radius 2 is 2.20 bits per heavy atom. The van der Waals surface area contributed by atoms with Gasteiger partial charge in [0.2, 0.25) is 0 Å². The van der Waals surface area contributed by atoms with Crippen molar-refractivity contribution >= 4 is 12.2 Å². The molecule has 0 aliphatic heterocycles. The molecule has 0 heterocycles. The van der Waals surface area contributed by atoms with Gasteiger partial charge in [0, 0.05) is 12.3 Å². The van der Waals surface area contributed by atoms with E-state index in [-0.39, 0.29) is 11.4 Å². The SMILES string of the molecule is C=C[C@H]1[C@@H]2CCc3cc(OC)ccc3[C@H]2CC[C@]1(C)/C=N/OC(C)=O. The minimum Gasteiger partial charge on any atom is -0.497 e. The molecule has 3 rings (SSSR count). The first-order chi connectivity index (χ1) is 12.0. The van der Waals surface area contributed by atoms with Gasteiger partial charge in [0.1, 0.15) is 5.75 Å². The second-order valence-corrected chi connectivity index (χ2v) is 7.50. The fourth-order valence-corrected chi connectivity index (χ4v) is 4.78. The Morgan fingerprint density at radius 3 is 2.88 bits per heavy atom. The third-order valence-electron chi connectivity index (χ3n) is 6.01. The van der Waals surface area contributed by atoms with Gasteiger partial charge in [-0.15, -0.1) is 6.58 Å². The summed E-state index contributed by atoms with van der Waals surface area (Å²) in [6.45, 7) is 7.68. The molecule has 1 aromatic rings. The normalized spacial score (nSPS) is 31.1. The minimum absolute atomic E-state index is 0.123. The molecule has 4 nitrogen and oxygen atoms in total. The van der Waals surface area contributed by atoms with E-state index >= 15 is 0 Å². The number of rotatable bonds is 4. The summed E-state index contributed by atoms with van der Waals surface area (Å²) in [5, 5.41) is 3.93. The predicted octanol–water partition coefficient (Wildman–Crippen LogP) is 4.49. The fourth-order valence-electron chi connectivity index (χ4n) is 4.78. The highest BCUT2D eigenvalue weighted by atomic mass is 16.7. The lowest BCUT2D eigenvalue weighted by Gasteiger charge is -2.49. The van der Waals surface area contributed by atoms with Gasteiger partial charge in [-0.2, -0.15) is 0 Å². The number of hydrogen-bond acceptors (Lipinski definition) is 4. The summed E-state index contributed by atoms with van der Waals surface area (Å²) in [7, 11) is 1.72. The Morgan fingerprint density at radius 1 is 1.40 bits per heavy atom. The molecule has 134 valence electrons. The topological polar surface area (TPSA) is 47.9 Å². The molecule has 25 heavy (non-hydrogen) atoms. The molecule has 1 fully saturated rings. The maximum absolute atomic E-state index is 11.0. The second kappa shape index (κ2) is 7.03. The van der Waals surface area contributed by atoms with Crippen LogP contribution in [0, 0.1) is 17.3 Å². The van der Waals surface area contributed by atoms with Crippen molar-refractivity contribution in [1.82, 2.24) is 0 Å². The average Bonchev–Trinajstić information content (AvgIpc) is 2.60. The lowest BCUT2D eigenvalue weighted by Crippen LogP contribution is -2.42. The Balaban J connectivity index is 1.87. The molecule has 4 atom stereocenters. The third-order valence-corrected chi connectivity index (χ3v) is 6.01. The van der Waals surface area contributed by atoms with Crippen LogP contribution in [0.4, 0.5) is 0 Å². The highest BCUT2D eigenvalue weighted by molar-refractivity contribution is 5.70. The van der Waals surface area contributed by atoms with E-state index in [1.54, 1.807) is 7.11 Å². The van der Waals surface area contributed by atoms with E-state index in [0.717, 1.165) is 31.4 Å². The third kappa shape index (κ3) is 3.35. The highest BCUT2D eigenvalue weighted by Gasteiger charge is 2.46. The van der Waals surface area contributed by atoms with Gasteiger partial charge in [0.15, 0.2) is 0 Å². The molecule has 1 saturated carbocycles. The molecule has 0 aromatic heterocycles. The monoisotopic (exact) mass is 341 g/mol. The summed E-state index contributed by atoms with van der Waals surface area (Å²) in [5.74, 6) is 1.96. The van der Waals surface area contributed by atoms with Crippen LogP contribution >= 0.6 is 0 Å². The molecule has 0 radical (unpaired) electrons. The number of benzene rings is 1. The van der Waals surface area contributed by atoms with E-state index in [1.165, 1.54) is 18.1 Å². The van der Waals surface area contributed by atoms with E-state index < -0.39 is 0 Å². The standard InChI is InChI=1S/C21H27NO3/c1-5-20-19-8-6-15-12-16(24-4)7-9-17(15)18(19)10-11-21(20,3)13-22-25-14(2)23/h5,7,9,12-13,18-20H,1,6,8,10-11H2,2-4H3/b22-13+/t18-,19-,20+,21-/m1/s1. The first-order valence-corrected chi connectivity index (χ1v) is 9.00. The van der Waals surface area contributed by atoms with Gasteiger partial charge in [-0.05, 0) is 66.7 Å².